The number of hydrogen-bond acceptors (Lipinski definition) is 28. The Morgan fingerprint density at radius 3 is 0.780 bits per heavy atom. The molecule has 6 aromatic rings. The molecule has 0 aliphatic heterocycles. The van der Waals surface area contributed by atoms with Crippen molar-refractivity contribution in [1.82, 2.24) is 0 Å². The number of ether oxygens (including phenoxy) is 5. The molecule has 0 N–H and O–H groups in total. The second kappa shape index (κ2) is 26.5. The first-order chi connectivity index (χ1) is 38.1. The summed E-state index contributed by atoms with van der Waals surface area (Å²) in [6.45, 7) is 5.60. The summed E-state index contributed by atoms with van der Waals surface area (Å²) in [5.41, 5.74) is -3.97. The normalized spacial score (nSPS) is 11.0. The second-order valence-electron chi connectivity index (χ2n) is 15.3. The standard InChI is InChI=1S/C16H12N2O11S.C16H14O8S2.C14H10N2O9S/c1-9(19)27-11-3-5-13(6-4-11)30(25,26)29-16-14(17(21)22)7-12(28-10(2)20)8-15(16)18(23)24;1-11(17)23-13-3-7-15(8-4-13)25(19,20)26(21,22)16-9-5-14(6-10-16)24-12(2)18;1-9(17)24-10-5-7-11(8-6-10)26(22,23)25-14-12(15(18)19)3-2-4-13(14)16(20)21/h3-8H,1-2H3;3-10H,1-2H3;2-8H,1H3. The zero-order valence-corrected chi connectivity index (χ0v) is 45.2. The first kappa shape index (κ1) is 64.2. The van der Waals surface area contributed by atoms with Crippen LogP contribution in [0.15, 0.2) is 147 Å². The molecule has 6 aromatic carbocycles. The van der Waals surface area contributed by atoms with Crippen LogP contribution in [0, 0.1) is 40.5 Å². The lowest BCUT2D eigenvalue weighted by atomic mass is 10.2. The van der Waals surface area contributed by atoms with E-state index in [0.717, 1.165) is 112 Å². The van der Waals surface area contributed by atoms with E-state index in [9.17, 15) is 98.1 Å². The molecule has 0 fully saturated rings. The van der Waals surface area contributed by atoms with Crippen molar-refractivity contribution in [2.24, 2.45) is 0 Å². The Kier molecular flexibility index (Phi) is 20.8. The van der Waals surface area contributed by atoms with Crippen LogP contribution in [0.1, 0.15) is 34.6 Å². The minimum atomic E-state index is -4.76. The molecule has 0 aromatic heterocycles. The Morgan fingerprint density at radius 2 is 0.549 bits per heavy atom. The lowest BCUT2D eigenvalue weighted by molar-refractivity contribution is -0.395. The maximum atomic E-state index is 12.5. The molecule has 36 heteroatoms. The molecule has 0 aliphatic carbocycles. The molecule has 0 saturated carbocycles. The van der Waals surface area contributed by atoms with Crippen molar-refractivity contribution in [3.05, 3.63) is 168 Å². The molecule has 432 valence electrons. The van der Waals surface area contributed by atoms with Gasteiger partial charge in [-0.1, -0.05) is 0 Å². The molecule has 32 nitrogen and oxygen atoms in total. The van der Waals surface area contributed by atoms with Crippen molar-refractivity contribution in [3.63, 3.8) is 0 Å². The number of nitro groups is 4. The van der Waals surface area contributed by atoms with Gasteiger partial charge < -0.3 is 32.1 Å². The average Bonchev–Trinajstić information content (AvgIpc) is 3.40. The van der Waals surface area contributed by atoms with E-state index in [2.05, 4.69) is 8.92 Å². The van der Waals surface area contributed by atoms with Crippen molar-refractivity contribution in [2.75, 3.05) is 0 Å². The molecule has 0 unspecified atom stereocenters. The Bertz CT molecular complexity index is 3830. The van der Waals surface area contributed by atoms with Crippen molar-refractivity contribution in [3.8, 4) is 40.2 Å². The van der Waals surface area contributed by atoms with Crippen LogP contribution in [0.25, 0.3) is 0 Å². The third-order valence-corrected chi connectivity index (χ3v) is 16.9. The van der Waals surface area contributed by atoms with Crippen LogP contribution in [0.5, 0.6) is 40.2 Å². The van der Waals surface area contributed by atoms with Crippen molar-refractivity contribution >= 4 is 90.6 Å². The summed E-state index contributed by atoms with van der Waals surface area (Å²) in [6.07, 6.45) is 0. The van der Waals surface area contributed by atoms with Gasteiger partial charge in [-0.25, -0.2) is 16.8 Å². The van der Waals surface area contributed by atoms with Gasteiger partial charge in [0.15, 0.2) is 0 Å². The SMILES string of the molecule is CC(=O)Oc1ccc(S(=O)(=O)Oc2c([N+](=O)[O-])cc(OC(C)=O)cc2[N+](=O)[O-])cc1.CC(=O)Oc1ccc(S(=O)(=O)Oc2c([N+](=O)[O-])cccc2[N+](=O)[O-])cc1.CC(=O)Oc1ccc(S(=O)(=O)S(=O)(=O)c2ccc(OC(C)=O)cc2)cc1. The van der Waals surface area contributed by atoms with E-state index in [-0.39, 0.29) is 23.0 Å². The molecule has 0 bridgehead atoms. The first-order valence-corrected chi connectivity index (χ1v) is 28.0. The largest absolute Gasteiger partial charge is 0.427 e. The van der Waals surface area contributed by atoms with Crippen molar-refractivity contribution in [1.29, 1.82) is 0 Å². The summed E-state index contributed by atoms with van der Waals surface area (Å²) in [5, 5.41) is 44.7. The second-order valence-corrected chi connectivity index (χ2v) is 23.8. The number of carbonyl (C=O) groups excluding carboxylic acids is 5. The van der Waals surface area contributed by atoms with Gasteiger partial charge >= 0.3 is 72.8 Å². The van der Waals surface area contributed by atoms with E-state index in [0.29, 0.717) is 12.1 Å². The Hall–Kier alpha value is -10.3. The van der Waals surface area contributed by atoms with Crippen LogP contribution in [-0.4, -0.2) is 83.2 Å². The fraction of sp³-hybridized carbons (Fsp3) is 0.109. The van der Waals surface area contributed by atoms with E-state index in [1.807, 2.05) is 0 Å². The van der Waals surface area contributed by atoms with Gasteiger partial charge in [-0.2, -0.15) is 16.8 Å². The number of nitro benzene ring substituents is 4. The Morgan fingerprint density at radius 1 is 0.329 bits per heavy atom. The van der Waals surface area contributed by atoms with Gasteiger partial charge in [-0.3, -0.25) is 64.4 Å². The number of esters is 5. The number of benzene rings is 6. The van der Waals surface area contributed by atoms with E-state index in [4.69, 9.17) is 23.1 Å². The molecule has 0 radical (unpaired) electrons. The summed E-state index contributed by atoms with van der Waals surface area (Å²) < 4.78 is 133. The highest BCUT2D eigenvalue weighted by atomic mass is 33.2. The smallest absolute Gasteiger partial charge is 0.339 e. The number of para-hydroxylation sites is 1. The molecule has 82 heavy (non-hydrogen) atoms. The highest BCUT2D eigenvalue weighted by molar-refractivity contribution is 8.67. The van der Waals surface area contributed by atoms with Crippen LogP contribution in [0.4, 0.5) is 22.7 Å². The van der Waals surface area contributed by atoms with E-state index < -0.39 is 147 Å². The van der Waals surface area contributed by atoms with Gasteiger partial charge in [0.1, 0.15) is 38.5 Å². The average molecular weight is 1220 g/mol. The van der Waals surface area contributed by atoms with Crippen LogP contribution in [0.3, 0.4) is 0 Å². The topological polar surface area (TPSA) is 459 Å². The quantitative estimate of drug-likeness (QED) is 0.0237. The molecule has 0 amide bonds. The molecule has 0 saturated heterocycles. The maximum Gasteiger partial charge on any atom is 0.339 e. The minimum Gasteiger partial charge on any atom is -0.427 e. The monoisotopic (exact) mass is 1220 g/mol. The predicted octanol–water partition coefficient (Wildman–Crippen LogP) is 6.02. The summed E-state index contributed by atoms with van der Waals surface area (Å²) in [7, 11) is -18.9. The van der Waals surface area contributed by atoms with Crippen molar-refractivity contribution in [2.45, 2.75) is 54.2 Å². The maximum absolute atomic E-state index is 12.5. The highest BCUT2D eigenvalue weighted by Crippen LogP contribution is 2.43. The number of rotatable bonds is 18. The van der Waals surface area contributed by atoms with Gasteiger partial charge in [-0.15, -0.1) is 0 Å². The molecule has 0 heterocycles. The highest BCUT2D eigenvalue weighted by Gasteiger charge is 2.36. The number of nitrogens with zero attached hydrogens (tertiary/aromatic N) is 4. The van der Waals surface area contributed by atoms with Gasteiger partial charge in [0, 0.05) is 46.8 Å². The zero-order chi connectivity index (χ0) is 61.7. The summed E-state index contributed by atoms with van der Waals surface area (Å²) in [4.78, 5) is 93.1. The zero-order valence-electron chi connectivity index (χ0n) is 42.0. The lowest BCUT2D eigenvalue weighted by Gasteiger charge is -2.10. The summed E-state index contributed by atoms with van der Waals surface area (Å²) in [6, 6.07) is 21.3. The van der Waals surface area contributed by atoms with E-state index in [1.165, 1.54) is 38.1 Å². The number of carbonyl (C=O) groups is 5. The minimum absolute atomic E-state index is 0.0177. The molecule has 0 spiro atoms. The fourth-order valence-corrected chi connectivity index (χ4v) is 11.5. The van der Waals surface area contributed by atoms with Gasteiger partial charge in [-0.05, 0) is 103 Å². The fourth-order valence-electron chi connectivity index (χ4n) is 5.97. The Balaban J connectivity index is 0.000000265. The van der Waals surface area contributed by atoms with E-state index >= 15 is 0 Å². The third kappa shape index (κ3) is 17.1. The van der Waals surface area contributed by atoms with Crippen LogP contribution in [-0.2, 0) is 61.9 Å². The first-order valence-electron chi connectivity index (χ1n) is 21.7. The van der Waals surface area contributed by atoms with Gasteiger partial charge in [0.25, 0.3) is 29.2 Å². The molecular weight excluding hydrogens is 1180 g/mol. The molecule has 6 rings (SSSR count). The van der Waals surface area contributed by atoms with Gasteiger partial charge in [0.2, 0.25) is 0 Å². The van der Waals surface area contributed by atoms with Gasteiger partial charge in [0.05, 0.1) is 41.6 Å². The lowest BCUT2D eigenvalue weighted by Crippen LogP contribution is -2.16. The van der Waals surface area contributed by atoms with E-state index in [1.54, 1.807) is 0 Å². The molecule has 0 atom stereocenters. The van der Waals surface area contributed by atoms with Crippen LogP contribution >= 0.6 is 0 Å². The molecular formula is C46H36N4O28S4. The van der Waals surface area contributed by atoms with Crippen LogP contribution < -0.4 is 32.1 Å². The Labute approximate surface area is 460 Å². The number of hydrogen-bond donors (Lipinski definition) is 0. The summed E-state index contributed by atoms with van der Waals surface area (Å²) in [5.74, 6) is -5.85. The third-order valence-electron chi connectivity index (χ3n) is 9.22. The van der Waals surface area contributed by atoms with Crippen LogP contribution in [0.2, 0.25) is 0 Å². The summed E-state index contributed by atoms with van der Waals surface area (Å²) >= 11 is 0. The van der Waals surface area contributed by atoms with Crippen molar-refractivity contribution < 1.29 is 109 Å². The molecule has 0 aliphatic rings. The predicted molar refractivity (Wildman–Crippen MR) is 272 cm³/mol.